The third-order valence-electron chi connectivity index (χ3n) is 3.58. The molecule has 0 aliphatic heterocycles. The van der Waals surface area contributed by atoms with E-state index in [1.54, 1.807) is 12.3 Å². The molecule has 3 heteroatoms. The van der Waals surface area contributed by atoms with Crippen LogP contribution in [0.15, 0.2) is 73.1 Å². The standard InChI is InChI=1S/C19H18N2O/c22-19-6-2-1-4-18(19)14-21-12-15-7-9-16(10-8-15)17-5-3-11-20-13-17/h1-11,13,21-22H,12,14H2. The SMILES string of the molecule is Oc1ccccc1CNCc1ccc(-c2cccnc2)cc1. The van der Waals surface area contributed by atoms with Gasteiger partial charge in [0.2, 0.25) is 0 Å². The third-order valence-corrected chi connectivity index (χ3v) is 3.58. The number of hydrogen-bond donors (Lipinski definition) is 2. The van der Waals surface area contributed by atoms with E-state index in [0.717, 1.165) is 23.2 Å². The molecule has 3 nitrogen and oxygen atoms in total. The van der Waals surface area contributed by atoms with Crippen molar-refractivity contribution < 1.29 is 5.11 Å². The van der Waals surface area contributed by atoms with Gasteiger partial charge in [0, 0.05) is 31.0 Å². The van der Waals surface area contributed by atoms with Gasteiger partial charge in [-0.3, -0.25) is 4.98 Å². The van der Waals surface area contributed by atoms with Crippen molar-refractivity contribution in [3.05, 3.63) is 84.2 Å². The maximum absolute atomic E-state index is 9.72. The number of phenols is 1. The minimum atomic E-state index is 0.335. The molecule has 0 radical (unpaired) electrons. The Bertz CT molecular complexity index is 724. The van der Waals surface area contributed by atoms with E-state index in [0.29, 0.717) is 12.3 Å². The number of rotatable bonds is 5. The molecule has 2 N–H and O–H groups in total. The van der Waals surface area contributed by atoms with E-state index in [9.17, 15) is 5.11 Å². The van der Waals surface area contributed by atoms with E-state index >= 15 is 0 Å². The van der Waals surface area contributed by atoms with Crippen LogP contribution in [-0.4, -0.2) is 10.1 Å². The van der Waals surface area contributed by atoms with Gasteiger partial charge in [0.1, 0.15) is 5.75 Å². The Labute approximate surface area is 130 Å². The zero-order chi connectivity index (χ0) is 15.2. The van der Waals surface area contributed by atoms with E-state index in [-0.39, 0.29) is 0 Å². The Kier molecular flexibility index (Phi) is 4.47. The molecule has 1 aromatic heterocycles. The Morgan fingerprint density at radius 1 is 0.818 bits per heavy atom. The lowest BCUT2D eigenvalue weighted by Gasteiger charge is -2.08. The van der Waals surface area contributed by atoms with Crippen molar-refractivity contribution in [2.75, 3.05) is 0 Å². The minimum absolute atomic E-state index is 0.335. The minimum Gasteiger partial charge on any atom is -0.508 e. The van der Waals surface area contributed by atoms with Crippen LogP contribution in [0.4, 0.5) is 0 Å². The second kappa shape index (κ2) is 6.87. The fourth-order valence-electron chi connectivity index (χ4n) is 2.35. The van der Waals surface area contributed by atoms with Crippen molar-refractivity contribution in [2.24, 2.45) is 0 Å². The second-order valence-electron chi connectivity index (χ2n) is 5.17. The van der Waals surface area contributed by atoms with Gasteiger partial charge in [0.05, 0.1) is 0 Å². The molecular formula is C19H18N2O. The van der Waals surface area contributed by atoms with Crippen molar-refractivity contribution in [1.82, 2.24) is 10.3 Å². The lowest BCUT2D eigenvalue weighted by Crippen LogP contribution is -2.12. The summed E-state index contributed by atoms with van der Waals surface area (Å²) in [6.07, 6.45) is 3.65. The highest BCUT2D eigenvalue weighted by Crippen LogP contribution is 2.19. The van der Waals surface area contributed by atoms with Crippen LogP contribution < -0.4 is 5.32 Å². The van der Waals surface area contributed by atoms with Gasteiger partial charge in [-0.1, -0.05) is 48.5 Å². The monoisotopic (exact) mass is 290 g/mol. The average Bonchev–Trinajstić information content (AvgIpc) is 2.58. The summed E-state index contributed by atoms with van der Waals surface area (Å²) >= 11 is 0. The molecular weight excluding hydrogens is 272 g/mol. The van der Waals surface area contributed by atoms with E-state index < -0.39 is 0 Å². The Morgan fingerprint density at radius 2 is 1.64 bits per heavy atom. The third kappa shape index (κ3) is 3.51. The summed E-state index contributed by atoms with van der Waals surface area (Å²) in [5, 5.41) is 13.1. The largest absolute Gasteiger partial charge is 0.508 e. The van der Waals surface area contributed by atoms with Crippen LogP contribution in [0, 0.1) is 0 Å². The first-order valence-corrected chi connectivity index (χ1v) is 7.30. The summed E-state index contributed by atoms with van der Waals surface area (Å²) in [6.45, 7) is 1.42. The van der Waals surface area contributed by atoms with Gasteiger partial charge in [-0.25, -0.2) is 0 Å². The van der Waals surface area contributed by atoms with Crippen LogP contribution in [0.2, 0.25) is 0 Å². The van der Waals surface area contributed by atoms with Gasteiger partial charge in [-0.05, 0) is 28.8 Å². The smallest absolute Gasteiger partial charge is 0.120 e. The van der Waals surface area contributed by atoms with Crippen LogP contribution >= 0.6 is 0 Å². The van der Waals surface area contributed by atoms with E-state index in [4.69, 9.17) is 0 Å². The molecule has 0 bridgehead atoms. The number of aromatic hydroxyl groups is 1. The first kappa shape index (κ1) is 14.3. The number of nitrogens with zero attached hydrogens (tertiary/aromatic N) is 1. The molecule has 0 saturated carbocycles. The predicted octanol–water partition coefficient (Wildman–Crippen LogP) is 3.74. The predicted molar refractivity (Wildman–Crippen MR) is 88.3 cm³/mol. The second-order valence-corrected chi connectivity index (χ2v) is 5.17. The van der Waals surface area contributed by atoms with Gasteiger partial charge in [0.25, 0.3) is 0 Å². The highest BCUT2D eigenvalue weighted by Gasteiger charge is 2.00. The number of nitrogens with one attached hydrogen (secondary N) is 1. The molecule has 0 atom stereocenters. The molecule has 110 valence electrons. The average molecular weight is 290 g/mol. The van der Waals surface area contributed by atoms with E-state index in [2.05, 4.69) is 40.6 Å². The molecule has 0 saturated heterocycles. The Balaban J connectivity index is 1.59. The molecule has 0 amide bonds. The zero-order valence-corrected chi connectivity index (χ0v) is 12.2. The number of para-hydroxylation sites is 1. The summed E-state index contributed by atoms with van der Waals surface area (Å²) < 4.78 is 0. The van der Waals surface area contributed by atoms with E-state index in [1.165, 1.54) is 5.56 Å². The number of benzene rings is 2. The van der Waals surface area contributed by atoms with Crippen molar-refractivity contribution in [3.8, 4) is 16.9 Å². The van der Waals surface area contributed by atoms with Gasteiger partial charge in [-0.15, -0.1) is 0 Å². The zero-order valence-electron chi connectivity index (χ0n) is 12.2. The summed E-state index contributed by atoms with van der Waals surface area (Å²) in [7, 11) is 0. The van der Waals surface area contributed by atoms with Crippen molar-refractivity contribution in [3.63, 3.8) is 0 Å². The molecule has 0 aliphatic carbocycles. The first-order valence-electron chi connectivity index (χ1n) is 7.30. The Morgan fingerprint density at radius 3 is 2.36 bits per heavy atom. The quantitative estimate of drug-likeness (QED) is 0.752. The molecule has 0 aliphatic rings. The van der Waals surface area contributed by atoms with Gasteiger partial charge in [0.15, 0.2) is 0 Å². The van der Waals surface area contributed by atoms with Gasteiger partial charge < -0.3 is 10.4 Å². The van der Waals surface area contributed by atoms with Gasteiger partial charge in [-0.2, -0.15) is 0 Å². The number of aromatic nitrogens is 1. The van der Waals surface area contributed by atoms with Crippen molar-refractivity contribution >= 4 is 0 Å². The maximum Gasteiger partial charge on any atom is 0.120 e. The van der Waals surface area contributed by atoms with Crippen LogP contribution in [0.25, 0.3) is 11.1 Å². The fourth-order valence-corrected chi connectivity index (χ4v) is 2.35. The van der Waals surface area contributed by atoms with Crippen LogP contribution in [0.5, 0.6) is 5.75 Å². The molecule has 22 heavy (non-hydrogen) atoms. The molecule has 1 heterocycles. The van der Waals surface area contributed by atoms with Gasteiger partial charge >= 0.3 is 0 Å². The van der Waals surface area contributed by atoms with Crippen LogP contribution in [0.1, 0.15) is 11.1 Å². The molecule has 0 spiro atoms. The number of phenolic OH excluding ortho intramolecular Hbond substituents is 1. The molecule has 0 fully saturated rings. The highest BCUT2D eigenvalue weighted by molar-refractivity contribution is 5.62. The lowest BCUT2D eigenvalue weighted by molar-refractivity contribution is 0.464. The molecule has 0 unspecified atom stereocenters. The summed E-state index contributed by atoms with van der Waals surface area (Å²) in [5.41, 5.74) is 4.41. The van der Waals surface area contributed by atoms with Crippen LogP contribution in [-0.2, 0) is 13.1 Å². The summed E-state index contributed by atoms with van der Waals surface area (Å²) in [4.78, 5) is 4.14. The summed E-state index contributed by atoms with van der Waals surface area (Å²) in [5.74, 6) is 0.335. The maximum atomic E-state index is 9.72. The van der Waals surface area contributed by atoms with Crippen molar-refractivity contribution in [2.45, 2.75) is 13.1 Å². The van der Waals surface area contributed by atoms with E-state index in [1.807, 2.05) is 30.5 Å². The molecule has 3 rings (SSSR count). The molecule has 3 aromatic rings. The number of pyridine rings is 1. The fraction of sp³-hybridized carbons (Fsp3) is 0.105. The van der Waals surface area contributed by atoms with Crippen molar-refractivity contribution in [1.29, 1.82) is 0 Å². The first-order chi connectivity index (χ1) is 10.8. The number of hydrogen-bond acceptors (Lipinski definition) is 3. The lowest BCUT2D eigenvalue weighted by atomic mass is 10.1. The molecule has 2 aromatic carbocycles. The topological polar surface area (TPSA) is 45.1 Å². The highest BCUT2D eigenvalue weighted by atomic mass is 16.3. The Hall–Kier alpha value is -2.65. The van der Waals surface area contributed by atoms with Crippen LogP contribution in [0.3, 0.4) is 0 Å². The summed E-state index contributed by atoms with van der Waals surface area (Å²) in [6, 6.07) is 19.8. The normalized spacial score (nSPS) is 10.5.